The molecule has 156 valence electrons. The van der Waals surface area contributed by atoms with Crippen molar-refractivity contribution in [3.05, 3.63) is 50.7 Å². The van der Waals surface area contributed by atoms with Crippen molar-refractivity contribution < 1.29 is 14.3 Å². The van der Waals surface area contributed by atoms with E-state index >= 15 is 0 Å². The summed E-state index contributed by atoms with van der Waals surface area (Å²) < 4.78 is 10.2. The van der Waals surface area contributed by atoms with Crippen molar-refractivity contribution in [2.45, 2.75) is 72.6 Å². The van der Waals surface area contributed by atoms with Crippen LogP contribution in [0.1, 0.15) is 73.4 Å². The first kappa shape index (κ1) is 24.2. The van der Waals surface area contributed by atoms with Crippen molar-refractivity contribution >= 4 is 17.3 Å². The SMILES string of the molecule is CC.CCC(CC)(c1ccc(OC)c(C)c1)c1cc(C)c(CCC(=O)OC)s1. The standard InChI is InChI=1S/C22H30O3S.C2H6/c1-7-22(8-2,17-9-10-18(24-5)15(3)13-17)20-14-16(4)19(26-20)11-12-21(23)25-6;1-2/h9-10,13-14H,7-8,11-12H2,1-6H3;1-2H3. The van der Waals surface area contributed by atoms with E-state index < -0.39 is 0 Å². The number of aryl methyl sites for hydroxylation is 3. The summed E-state index contributed by atoms with van der Waals surface area (Å²) in [5.41, 5.74) is 3.76. The van der Waals surface area contributed by atoms with Crippen molar-refractivity contribution in [3.63, 3.8) is 0 Å². The first-order valence-electron chi connectivity index (χ1n) is 10.2. The van der Waals surface area contributed by atoms with Gasteiger partial charge in [0.15, 0.2) is 0 Å². The number of carbonyl (C=O) groups is 1. The fourth-order valence-corrected chi connectivity index (χ4v) is 5.17. The van der Waals surface area contributed by atoms with E-state index in [2.05, 4.69) is 52.0 Å². The zero-order valence-electron chi connectivity index (χ0n) is 18.8. The molecular weight excluding hydrogens is 368 g/mol. The monoisotopic (exact) mass is 404 g/mol. The van der Waals surface area contributed by atoms with Gasteiger partial charge in [0.2, 0.25) is 0 Å². The van der Waals surface area contributed by atoms with Gasteiger partial charge >= 0.3 is 5.97 Å². The molecule has 0 aliphatic carbocycles. The van der Waals surface area contributed by atoms with Gasteiger partial charge in [0.25, 0.3) is 0 Å². The van der Waals surface area contributed by atoms with E-state index in [9.17, 15) is 4.79 Å². The van der Waals surface area contributed by atoms with Gasteiger partial charge in [0.1, 0.15) is 5.75 Å². The molecule has 0 N–H and O–H groups in total. The first-order valence-corrected chi connectivity index (χ1v) is 11.0. The molecule has 4 heteroatoms. The molecule has 0 aliphatic rings. The molecule has 0 unspecified atom stereocenters. The average Bonchev–Trinajstić information content (AvgIpc) is 3.10. The van der Waals surface area contributed by atoms with E-state index in [-0.39, 0.29) is 11.4 Å². The van der Waals surface area contributed by atoms with E-state index in [1.807, 2.05) is 25.2 Å². The molecule has 3 nitrogen and oxygen atoms in total. The third-order valence-electron chi connectivity index (χ3n) is 5.43. The summed E-state index contributed by atoms with van der Waals surface area (Å²) in [5.74, 6) is 0.776. The van der Waals surface area contributed by atoms with Gasteiger partial charge in [-0.05, 0) is 61.9 Å². The quantitative estimate of drug-likeness (QED) is 0.464. The van der Waals surface area contributed by atoms with Crippen LogP contribution in [0.15, 0.2) is 24.3 Å². The number of carbonyl (C=O) groups excluding carboxylic acids is 1. The highest BCUT2D eigenvalue weighted by Crippen LogP contribution is 2.44. The molecule has 1 aromatic carbocycles. The Morgan fingerprint density at radius 1 is 1.04 bits per heavy atom. The fraction of sp³-hybridized carbons (Fsp3) is 0.542. The van der Waals surface area contributed by atoms with Crippen LogP contribution in [0.25, 0.3) is 0 Å². The number of thiophene rings is 1. The maximum atomic E-state index is 11.5. The lowest BCUT2D eigenvalue weighted by Gasteiger charge is -2.32. The largest absolute Gasteiger partial charge is 0.496 e. The van der Waals surface area contributed by atoms with Gasteiger partial charge in [-0.3, -0.25) is 4.79 Å². The Morgan fingerprint density at radius 2 is 1.68 bits per heavy atom. The number of hydrogen-bond donors (Lipinski definition) is 0. The Morgan fingerprint density at radius 3 is 2.18 bits per heavy atom. The molecule has 1 aromatic heterocycles. The van der Waals surface area contributed by atoms with Gasteiger partial charge in [-0.2, -0.15) is 0 Å². The maximum absolute atomic E-state index is 11.5. The molecule has 0 spiro atoms. The topological polar surface area (TPSA) is 35.5 Å². The van der Waals surface area contributed by atoms with Crippen LogP contribution in [0.4, 0.5) is 0 Å². The Balaban J connectivity index is 0.00000190. The second-order valence-electron chi connectivity index (χ2n) is 6.77. The average molecular weight is 405 g/mol. The molecule has 0 saturated carbocycles. The molecule has 0 amide bonds. The third kappa shape index (κ3) is 5.16. The van der Waals surface area contributed by atoms with E-state index in [0.717, 1.165) is 30.6 Å². The van der Waals surface area contributed by atoms with Crippen LogP contribution in [0, 0.1) is 13.8 Å². The summed E-state index contributed by atoms with van der Waals surface area (Å²) >= 11 is 1.84. The molecule has 0 atom stereocenters. The summed E-state index contributed by atoms with van der Waals surface area (Å²) in [4.78, 5) is 14.2. The lowest BCUT2D eigenvalue weighted by Crippen LogP contribution is -2.25. The predicted molar refractivity (Wildman–Crippen MR) is 120 cm³/mol. The Bertz CT molecular complexity index is 757. The number of benzene rings is 1. The summed E-state index contributed by atoms with van der Waals surface area (Å²) in [5, 5.41) is 0. The van der Waals surface area contributed by atoms with Crippen molar-refractivity contribution in [2.75, 3.05) is 14.2 Å². The summed E-state index contributed by atoms with van der Waals surface area (Å²) in [6.07, 6.45) is 3.25. The van der Waals surface area contributed by atoms with Gasteiger partial charge in [-0.1, -0.05) is 39.8 Å². The maximum Gasteiger partial charge on any atom is 0.305 e. The third-order valence-corrected chi connectivity index (χ3v) is 6.93. The van der Waals surface area contributed by atoms with Crippen molar-refractivity contribution in [1.82, 2.24) is 0 Å². The number of methoxy groups -OCH3 is 2. The fourth-order valence-electron chi connectivity index (χ4n) is 3.65. The van der Waals surface area contributed by atoms with Gasteiger partial charge < -0.3 is 9.47 Å². The summed E-state index contributed by atoms with van der Waals surface area (Å²) in [7, 11) is 3.16. The minimum absolute atomic E-state index is 0.00399. The van der Waals surface area contributed by atoms with Crippen LogP contribution in [-0.4, -0.2) is 20.2 Å². The molecule has 2 aromatic rings. The highest BCUT2D eigenvalue weighted by atomic mass is 32.1. The number of hydrogen-bond acceptors (Lipinski definition) is 4. The van der Waals surface area contributed by atoms with Crippen LogP contribution in [0.5, 0.6) is 5.75 Å². The van der Waals surface area contributed by atoms with Gasteiger partial charge in [-0.25, -0.2) is 0 Å². The van der Waals surface area contributed by atoms with Crippen LogP contribution in [-0.2, 0) is 21.4 Å². The van der Waals surface area contributed by atoms with Crippen molar-refractivity contribution in [2.24, 2.45) is 0 Å². The second-order valence-corrected chi connectivity index (χ2v) is 7.90. The minimum atomic E-state index is -0.151. The van der Waals surface area contributed by atoms with Gasteiger partial charge in [0.05, 0.1) is 20.6 Å². The number of ether oxygens (including phenoxy) is 2. The molecule has 1 heterocycles. The molecule has 0 bridgehead atoms. The highest BCUT2D eigenvalue weighted by molar-refractivity contribution is 7.12. The molecular formula is C24H36O3S. The van der Waals surface area contributed by atoms with Crippen LogP contribution >= 0.6 is 11.3 Å². The minimum Gasteiger partial charge on any atom is -0.496 e. The van der Waals surface area contributed by atoms with E-state index in [4.69, 9.17) is 9.47 Å². The van der Waals surface area contributed by atoms with Crippen molar-refractivity contribution in [1.29, 1.82) is 0 Å². The van der Waals surface area contributed by atoms with E-state index in [0.29, 0.717) is 6.42 Å². The first-order chi connectivity index (χ1) is 13.4. The van der Waals surface area contributed by atoms with Crippen molar-refractivity contribution in [3.8, 4) is 5.75 Å². The van der Waals surface area contributed by atoms with Gasteiger partial charge in [-0.15, -0.1) is 11.3 Å². The summed E-state index contributed by atoms with van der Waals surface area (Å²) in [6.45, 7) is 12.8. The van der Waals surface area contributed by atoms with Gasteiger partial charge in [0, 0.05) is 15.2 Å². The zero-order chi connectivity index (χ0) is 21.3. The van der Waals surface area contributed by atoms with Crippen LogP contribution in [0.3, 0.4) is 0 Å². The Labute approximate surface area is 175 Å². The predicted octanol–water partition coefficient (Wildman–Crippen LogP) is 6.61. The van der Waals surface area contributed by atoms with Crippen LogP contribution < -0.4 is 4.74 Å². The molecule has 0 saturated heterocycles. The van der Waals surface area contributed by atoms with Crippen LogP contribution in [0.2, 0.25) is 0 Å². The lowest BCUT2D eigenvalue weighted by atomic mass is 9.74. The molecule has 0 aliphatic heterocycles. The van der Waals surface area contributed by atoms with E-state index in [1.165, 1.54) is 28.0 Å². The Hall–Kier alpha value is -1.81. The zero-order valence-corrected chi connectivity index (χ0v) is 19.6. The molecule has 28 heavy (non-hydrogen) atoms. The van der Waals surface area contributed by atoms with E-state index in [1.54, 1.807) is 7.11 Å². The molecule has 0 radical (unpaired) electrons. The summed E-state index contributed by atoms with van der Waals surface area (Å²) in [6, 6.07) is 8.84. The normalized spacial score (nSPS) is 10.9. The lowest BCUT2D eigenvalue weighted by molar-refractivity contribution is -0.140. The molecule has 0 fully saturated rings. The highest BCUT2D eigenvalue weighted by Gasteiger charge is 2.33. The molecule has 2 rings (SSSR count). The second kappa shape index (κ2) is 11.3. The smallest absolute Gasteiger partial charge is 0.305 e. The number of rotatable bonds is 8. The Kier molecular flexibility index (Phi) is 9.74. The number of esters is 1.